The minimum atomic E-state index is -0.0286. The van der Waals surface area contributed by atoms with Crippen LogP contribution in [0.1, 0.15) is 28.4 Å². The smallest absolute Gasteiger partial charge is 0.126 e. The second-order valence-electron chi connectivity index (χ2n) is 4.87. The third-order valence-electron chi connectivity index (χ3n) is 3.63. The molecule has 1 aromatic heterocycles. The predicted molar refractivity (Wildman–Crippen MR) is 80.5 cm³/mol. The van der Waals surface area contributed by atoms with Crippen molar-refractivity contribution >= 4 is 0 Å². The third-order valence-corrected chi connectivity index (χ3v) is 3.63. The summed E-state index contributed by atoms with van der Waals surface area (Å²) >= 11 is 0. The van der Waals surface area contributed by atoms with Gasteiger partial charge < -0.3 is 4.74 Å². The van der Waals surface area contributed by atoms with E-state index in [0.717, 1.165) is 29.0 Å². The molecule has 3 N–H and O–H groups in total. The summed E-state index contributed by atoms with van der Waals surface area (Å²) in [7, 11) is 1.69. The maximum atomic E-state index is 5.73. The molecule has 0 bridgehead atoms. The Hall–Kier alpha value is -1.91. The van der Waals surface area contributed by atoms with Crippen molar-refractivity contribution in [1.82, 2.24) is 10.4 Å². The van der Waals surface area contributed by atoms with Crippen molar-refractivity contribution in [1.29, 1.82) is 0 Å². The summed E-state index contributed by atoms with van der Waals surface area (Å²) in [6, 6.07) is 10.0. The molecule has 0 fully saturated rings. The Bertz CT molecular complexity index is 569. The maximum Gasteiger partial charge on any atom is 0.126 e. The number of hydrazine groups is 1. The molecule has 4 heteroatoms. The molecule has 20 heavy (non-hydrogen) atoms. The molecule has 1 aromatic carbocycles. The van der Waals surface area contributed by atoms with Crippen LogP contribution in [-0.2, 0) is 6.42 Å². The van der Waals surface area contributed by atoms with E-state index in [-0.39, 0.29) is 6.04 Å². The number of benzene rings is 1. The highest BCUT2D eigenvalue weighted by Gasteiger charge is 2.18. The van der Waals surface area contributed by atoms with E-state index in [1.54, 1.807) is 13.3 Å². The summed E-state index contributed by atoms with van der Waals surface area (Å²) in [6.45, 7) is 4.14. The first-order chi connectivity index (χ1) is 9.67. The van der Waals surface area contributed by atoms with E-state index in [0.29, 0.717) is 0 Å². The van der Waals surface area contributed by atoms with Gasteiger partial charge in [-0.15, -0.1) is 0 Å². The van der Waals surface area contributed by atoms with Gasteiger partial charge in [0.05, 0.1) is 13.2 Å². The Morgan fingerprint density at radius 3 is 2.65 bits per heavy atom. The van der Waals surface area contributed by atoms with Crippen molar-refractivity contribution in [3.05, 3.63) is 58.9 Å². The van der Waals surface area contributed by atoms with E-state index in [9.17, 15) is 0 Å². The van der Waals surface area contributed by atoms with Gasteiger partial charge in [0.25, 0.3) is 0 Å². The van der Waals surface area contributed by atoms with Gasteiger partial charge in [0.2, 0.25) is 0 Å². The number of aromatic nitrogens is 1. The number of ether oxygens (including phenoxy) is 1. The molecule has 106 valence electrons. The van der Waals surface area contributed by atoms with Crippen molar-refractivity contribution in [2.45, 2.75) is 26.3 Å². The molecule has 0 aliphatic rings. The average molecular weight is 271 g/mol. The van der Waals surface area contributed by atoms with Gasteiger partial charge in [0, 0.05) is 23.9 Å². The largest absolute Gasteiger partial charge is 0.496 e. The summed E-state index contributed by atoms with van der Waals surface area (Å²) in [4.78, 5) is 4.35. The molecule has 2 rings (SSSR count). The Kier molecular flexibility index (Phi) is 4.71. The summed E-state index contributed by atoms with van der Waals surface area (Å²) in [5.41, 5.74) is 7.28. The van der Waals surface area contributed by atoms with Gasteiger partial charge in [0.15, 0.2) is 0 Å². The molecule has 1 unspecified atom stereocenters. The van der Waals surface area contributed by atoms with Gasteiger partial charge in [0.1, 0.15) is 5.75 Å². The zero-order chi connectivity index (χ0) is 14.5. The van der Waals surface area contributed by atoms with Crippen LogP contribution in [0.5, 0.6) is 5.75 Å². The second kappa shape index (κ2) is 6.50. The van der Waals surface area contributed by atoms with Crippen molar-refractivity contribution in [3.63, 3.8) is 0 Å². The third kappa shape index (κ3) is 2.98. The summed E-state index contributed by atoms with van der Waals surface area (Å²) in [5, 5.41) is 0. The summed E-state index contributed by atoms with van der Waals surface area (Å²) in [5.74, 6) is 6.62. The quantitative estimate of drug-likeness (QED) is 0.648. The van der Waals surface area contributed by atoms with E-state index in [2.05, 4.69) is 36.4 Å². The van der Waals surface area contributed by atoms with Gasteiger partial charge in [-0.05, 0) is 37.1 Å². The van der Waals surface area contributed by atoms with Crippen molar-refractivity contribution in [3.8, 4) is 5.75 Å². The van der Waals surface area contributed by atoms with Gasteiger partial charge in [-0.1, -0.05) is 18.2 Å². The topological polar surface area (TPSA) is 60.2 Å². The van der Waals surface area contributed by atoms with Crippen LogP contribution in [0.2, 0.25) is 0 Å². The van der Waals surface area contributed by atoms with Crippen molar-refractivity contribution < 1.29 is 4.74 Å². The summed E-state index contributed by atoms with van der Waals surface area (Å²) in [6.07, 6.45) is 2.51. The molecule has 4 nitrogen and oxygen atoms in total. The summed E-state index contributed by atoms with van der Waals surface area (Å²) < 4.78 is 5.56. The fraction of sp³-hybridized carbons (Fsp3) is 0.312. The van der Waals surface area contributed by atoms with E-state index in [1.165, 1.54) is 5.56 Å². The van der Waals surface area contributed by atoms with Gasteiger partial charge in [-0.25, -0.2) is 0 Å². The number of nitrogens with two attached hydrogens (primary N) is 1. The molecule has 0 aliphatic heterocycles. The van der Waals surface area contributed by atoms with E-state index in [1.807, 2.05) is 18.2 Å². The number of hydrogen-bond acceptors (Lipinski definition) is 4. The van der Waals surface area contributed by atoms with Gasteiger partial charge >= 0.3 is 0 Å². The number of nitrogens with zero attached hydrogens (tertiary/aromatic N) is 1. The maximum absolute atomic E-state index is 5.73. The average Bonchev–Trinajstić information content (AvgIpc) is 2.48. The van der Waals surface area contributed by atoms with Crippen LogP contribution < -0.4 is 16.0 Å². The molecule has 1 atom stereocenters. The molecule has 2 aromatic rings. The van der Waals surface area contributed by atoms with E-state index >= 15 is 0 Å². The Labute approximate surface area is 120 Å². The zero-order valence-electron chi connectivity index (χ0n) is 12.2. The van der Waals surface area contributed by atoms with Crippen LogP contribution >= 0.6 is 0 Å². The number of nitrogens with one attached hydrogen (secondary N) is 1. The number of aryl methyl sites for hydroxylation is 1. The van der Waals surface area contributed by atoms with Crippen molar-refractivity contribution in [2.24, 2.45) is 5.84 Å². The second-order valence-corrected chi connectivity index (χ2v) is 4.87. The molecule has 0 radical (unpaired) electrons. The van der Waals surface area contributed by atoms with Gasteiger partial charge in [-0.2, -0.15) is 0 Å². The van der Waals surface area contributed by atoms with Crippen LogP contribution in [0.3, 0.4) is 0 Å². The van der Waals surface area contributed by atoms with Crippen LogP contribution in [-0.4, -0.2) is 12.1 Å². The first-order valence-corrected chi connectivity index (χ1v) is 6.67. The van der Waals surface area contributed by atoms with Gasteiger partial charge in [-0.3, -0.25) is 16.3 Å². The van der Waals surface area contributed by atoms with E-state index in [4.69, 9.17) is 10.6 Å². The molecule has 0 saturated carbocycles. The van der Waals surface area contributed by atoms with Crippen LogP contribution in [0.25, 0.3) is 0 Å². The molecule has 0 saturated heterocycles. The molecule has 0 amide bonds. The molecular weight excluding hydrogens is 250 g/mol. The van der Waals surface area contributed by atoms with Crippen LogP contribution in [0.15, 0.2) is 36.5 Å². The normalized spacial score (nSPS) is 12.2. The SMILES string of the molecule is COc1c(C(Cc2ccccn2)NN)ccc(C)c1C. The molecule has 1 heterocycles. The Balaban J connectivity index is 2.35. The Morgan fingerprint density at radius 1 is 1.25 bits per heavy atom. The van der Waals surface area contributed by atoms with Crippen molar-refractivity contribution in [2.75, 3.05) is 7.11 Å². The highest BCUT2D eigenvalue weighted by molar-refractivity contribution is 5.47. The predicted octanol–water partition coefficient (Wildman–Crippen LogP) is 2.45. The monoisotopic (exact) mass is 271 g/mol. The number of hydrogen-bond donors (Lipinski definition) is 2. The fourth-order valence-corrected chi connectivity index (χ4v) is 2.34. The Morgan fingerprint density at radius 2 is 2.05 bits per heavy atom. The van der Waals surface area contributed by atoms with E-state index < -0.39 is 0 Å². The van der Waals surface area contributed by atoms with Crippen LogP contribution in [0.4, 0.5) is 0 Å². The highest BCUT2D eigenvalue weighted by Crippen LogP contribution is 2.31. The molecule has 0 aliphatic carbocycles. The number of rotatable bonds is 5. The lowest BCUT2D eigenvalue weighted by molar-refractivity contribution is 0.395. The van der Waals surface area contributed by atoms with Crippen LogP contribution in [0, 0.1) is 13.8 Å². The zero-order valence-corrected chi connectivity index (χ0v) is 12.2. The minimum absolute atomic E-state index is 0.0286. The molecule has 0 spiro atoms. The first kappa shape index (κ1) is 14.5. The lowest BCUT2D eigenvalue weighted by Gasteiger charge is -2.21. The highest BCUT2D eigenvalue weighted by atomic mass is 16.5. The first-order valence-electron chi connectivity index (χ1n) is 6.67. The molecular formula is C16H21N3O. The fourth-order valence-electron chi connectivity index (χ4n) is 2.34. The number of pyridine rings is 1. The minimum Gasteiger partial charge on any atom is -0.496 e. The lowest BCUT2D eigenvalue weighted by atomic mass is 9.96. The number of methoxy groups -OCH3 is 1. The lowest BCUT2D eigenvalue weighted by Crippen LogP contribution is -2.30. The standard InChI is InChI=1S/C16H21N3O/c1-11-7-8-14(16(20-3)12(11)2)15(19-17)10-13-6-4-5-9-18-13/h4-9,15,19H,10,17H2,1-3H3.